The Labute approximate surface area is 52.5 Å². The number of nitrogens with one attached hydrogen (secondary N) is 2. The monoisotopic (exact) mass is 134 g/mol. The maximum Gasteiger partial charge on any atom is 0.239 e. The van der Waals surface area contributed by atoms with Crippen LogP contribution in [0, 0.1) is 5.92 Å². The Balaban J connectivity index is 2.24. The van der Waals surface area contributed by atoms with Crippen molar-refractivity contribution in [2.75, 3.05) is 13.1 Å². The lowest BCUT2D eigenvalue weighted by Gasteiger charge is -2.24. The van der Waals surface area contributed by atoms with Gasteiger partial charge in [-0.15, -0.1) is 0 Å². The molecule has 0 aromatic rings. The highest BCUT2D eigenvalue weighted by Crippen LogP contribution is 2.01. The van der Waals surface area contributed by atoms with Gasteiger partial charge in [-0.25, -0.2) is 0 Å². The molecule has 4 heteroatoms. The molecule has 1 aliphatic rings. The molecule has 1 heterocycles. The van der Waals surface area contributed by atoms with Gasteiger partial charge in [-0.2, -0.15) is 0 Å². The Hall–Kier alpha value is -0.280. The van der Waals surface area contributed by atoms with Crippen LogP contribution in [0.5, 0.6) is 0 Å². The minimum Gasteiger partial charge on any atom is -0.315 e. The number of carbonyl (C=O) groups is 1. The number of rotatable bonds is 1. The van der Waals surface area contributed by atoms with Gasteiger partial charge in [0, 0.05) is 24.9 Å². The first kappa shape index (κ1) is 5.85. The van der Waals surface area contributed by atoms with E-state index in [1.807, 2.05) is 0 Å². The highest BCUT2D eigenvalue weighted by atomic mass is 35.5. The molecule has 0 atom stereocenters. The van der Waals surface area contributed by atoms with Gasteiger partial charge in [-0.3, -0.25) is 9.63 Å². The van der Waals surface area contributed by atoms with Crippen molar-refractivity contribution in [1.82, 2.24) is 10.2 Å². The fourth-order valence-electron chi connectivity index (χ4n) is 0.551. The number of hydrogen-bond donors (Lipinski definition) is 2. The summed E-state index contributed by atoms with van der Waals surface area (Å²) in [5, 5.41) is 2.96. The molecule has 0 unspecified atom stereocenters. The molecule has 0 aromatic carbocycles. The lowest BCUT2D eigenvalue weighted by Crippen LogP contribution is -2.49. The second-order valence-electron chi connectivity index (χ2n) is 1.81. The third-order valence-electron chi connectivity index (χ3n) is 1.25. The molecule has 1 saturated heterocycles. The quantitative estimate of drug-likeness (QED) is 0.474. The maximum atomic E-state index is 10.5. The summed E-state index contributed by atoms with van der Waals surface area (Å²) >= 11 is 5.03. The zero-order chi connectivity index (χ0) is 5.98. The molecule has 46 valence electrons. The predicted molar refractivity (Wildman–Crippen MR) is 30.4 cm³/mol. The topological polar surface area (TPSA) is 41.1 Å². The summed E-state index contributed by atoms with van der Waals surface area (Å²) in [4.78, 5) is 12.6. The number of halogens is 1. The zero-order valence-corrected chi connectivity index (χ0v) is 5.03. The van der Waals surface area contributed by atoms with Crippen LogP contribution in [0.25, 0.3) is 0 Å². The molecule has 8 heavy (non-hydrogen) atoms. The second-order valence-corrected chi connectivity index (χ2v) is 2.00. The smallest absolute Gasteiger partial charge is 0.239 e. The van der Waals surface area contributed by atoms with E-state index in [2.05, 4.69) is 10.2 Å². The second kappa shape index (κ2) is 2.33. The molecule has 3 nitrogen and oxygen atoms in total. The van der Waals surface area contributed by atoms with Crippen molar-refractivity contribution in [3.8, 4) is 0 Å². The molecule has 0 spiro atoms. The molecule has 1 amide bonds. The molecule has 0 radical (unpaired) electrons. The van der Waals surface area contributed by atoms with Gasteiger partial charge in [0.05, 0.1) is 5.92 Å². The average Bonchev–Trinajstić information content (AvgIpc) is 1.62. The van der Waals surface area contributed by atoms with Crippen LogP contribution in [0.2, 0.25) is 0 Å². The lowest BCUT2D eigenvalue weighted by molar-refractivity contribution is -0.124. The Morgan fingerprint density at radius 1 is 1.75 bits per heavy atom. The third-order valence-corrected chi connectivity index (χ3v) is 1.43. The van der Waals surface area contributed by atoms with E-state index in [1.54, 1.807) is 0 Å². The predicted octanol–water partition coefficient (Wildman–Crippen LogP) is -0.524. The van der Waals surface area contributed by atoms with E-state index in [1.165, 1.54) is 0 Å². The summed E-state index contributed by atoms with van der Waals surface area (Å²) in [6.45, 7) is 1.52. The SMILES string of the molecule is O=C(NCl)C1CNC1. The largest absolute Gasteiger partial charge is 0.315 e. The zero-order valence-electron chi connectivity index (χ0n) is 4.28. The Morgan fingerprint density at radius 3 is 2.50 bits per heavy atom. The molecule has 0 aromatic heterocycles. The van der Waals surface area contributed by atoms with E-state index in [4.69, 9.17) is 11.8 Å². The van der Waals surface area contributed by atoms with Crippen LogP contribution in [-0.2, 0) is 4.79 Å². The number of carbonyl (C=O) groups excluding carboxylic acids is 1. The van der Waals surface area contributed by atoms with Crippen LogP contribution in [0.3, 0.4) is 0 Å². The van der Waals surface area contributed by atoms with Gasteiger partial charge in [0.1, 0.15) is 0 Å². The van der Waals surface area contributed by atoms with Crippen molar-refractivity contribution < 1.29 is 4.79 Å². The van der Waals surface area contributed by atoms with Gasteiger partial charge < -0.3 is 5.32 Å². The van der Waals surface area contributed by atoms with Crippen LogP contribution in [-0.4, -0.2) is 19.0 Å². The van der Waals surface area contributed by atoms with Crippen LogP contribution < -0.4 is 10.2 Å². The molecular formula is C4H7ClN2O. The van der Waals surface area contributed by atoms with Crippen LogP contribution >= 0.6 is 11.8 Å². The van der Waals surface area contributed by atoms with Crippen molar-refractivity contribution in [2.24, 2.45) is 5.92 Å². The minimum atomic E-state index is -0.0783. The van der Waals surface area contributed by atoms with Gasteiger partial charge in [-0.1, -0.05) is 0 Å². The van der Waals surface area contributed by atoms with Crippen molar-refractivity contribution in [3.05, 3.63) is 0 Å². The van der Waals surface area contributed by atoms with Crippen molar-refractivity contribution in [3.63, 3.8) is 0 Å². The van der Waals surface area contributed by atoms with Crippen molar-refractivity contribution >= 4 is 17.7 Å². The summed E-state index contributed by atoms with van der Waals surface area (Å²) in [5.41, 5.74) is 0. The van der Waals surface area contributed by atoms with E-state index in [0.717, 1.165) is 13.1 Å². The average molecular weight is 135 g/mol. The summed E-state index contributed by atoms with van der Waals surface area (Å²) in [5.74, 6) is 0.0258. The van der Waals surface area contributed by atoms with E-state index in [-0.39, 0.29) is 11.8 Å². The minimum absolute atomic E-state index is 0.0783. The first-order chi connectivity index (χ1) is 3.84. The molecule has 2 N–H and O–H groups in total. The molecular weight excluding hydrogens is 128 g/mol. The Kier molecular flexibility index (Phi) is 1.70. The molecule has 0 saturated carbocycles. The summed E-state index contributed by atoms with van der Waals surface area (Å²) in [6.07, 6.45) is 0. The molecule has 1 fully saturated rings. The van der Waals surface area contributed by atoms with Crippen LogP contribution in [0.1, 0.15) is 0 Å². The number of amides is 1. The molecule has 0 bridgehead atoms. The molecule has 1 rings (SSSR count). The van der Waals surface area contributed by atoms with Gasteiger partial charge in [0.2, 0.25) is 5.91 Å². The van der Waals surface area contributed by atoms with Gasteiger partial charge in [-0.05, 0) is 0 Å². The fourth-order valence-corrected chi connectivity index (χ4v) is 0.706. The van der Waals surface area contributed by atoms with E-state index < -0.39 is 0 Å². The van der Waals surface area contributed by atoms with E-state index in [0.29, 0.717) is 0 Å². The van der Waals surface area contributed by atoms with Gasteiger partial charge in [0.25, 0.3) is 0 Å². The standard InChI is InChI=1S/C4H7ClN2O/c5-7-4(8)3-1-6-2-3/h3,6H,1-2H2,(H,7,8). The van der Waals surface area contributed by atoms with E-state index in [9.17, 15) is 4.79 Å². The summed E-state index contributed by atoms with van der Waals surface area (Å²) in [6, 6.07) is 0. The molecule has 1 aliphatic heterocycles. The Bertz CT molecular complexity index is 102. The highest BCUT2D eigenvalue weighted by molar-refractivity contribution is 6.21. The van der Waals surface area contributed by atoms with E-state index >= 15 is 0 Å². The highest BCUT2D eigenvalue weighted by Gasteiger charge is 2.23. The summed E-state index contributed by atoms with van der Waals surface area (Å²) < 4.78 is 0. The first-order valence-electron chi connectivity index (χ1n) is 2.46. The summed E-state index contributed by atoms with van der Waals surface area (Å²) in [7, 11) is 0. The lowest BCUT2D eigenvalue weighted by atomic mass is 10.0. The van der Waals surface area contributed by atoms with Crippen LogP contribution in [0.15, 0.2) is 0 Å². The third kappa shape index (κ3) is 0.928. The van der Waals surface area contributed by atoms with Gasteiger partial charge in [0.15, 0.2) is 0 Å². The van der Waals surface area contributed by atoms with Crippen LogP contribution in [0.4, 0.5) is 0 Å². The first-order valence-corrected chi connectivity index (χ1v) is 2.83. The molecule has 0 aliphatic carbocycles. The van der Waals surface area contributed by atoms with Crippen molar-refractivity contribution in [2.45, 2.75) is 0 Å². The Morgan fingerprint density at radius 2 is 2.38 bits per heavy atom. The normalized spacial score (nSPS) is 19.6. The fraction of sp³-hybridized carbons (Fsp3) is 0.750. The number of hydrogen-bond acceptors (Lipinski definition) is 2. The van der Waals surface area contributed by atoms with Gasteiger partial charge >= 0.3 is 0 Å². The maximum absolute atomic E-state index is 10.5. The van der Waals surface area contributed by atoms with Crippen molar-refractivity contribution in [1.29, 1.82) is 0 Å².